The van der Waals surface area contributed by atoms with Gasteiger partial charge in [-0.2, -0.15) is 0 Å². The van der Waals surface area contributed by atoms with Gasteiger partial charge in [0.05, 0.1) is 5.69 Å². The molecule has 0 N–H and O–H groups in total. The van der Waals surface area contributed by atoms with Crippen molar-refractivity contribution >= 4 is 11.6 Å². The molecule has 2 aliphatic rings. The van der Waals surface area contributed by atoms with E-state index in [4.69, 9.17) is 0 Å². The summed E-state index contributed by atoms with van der Waals surface area (Å²) in [6, 6.07) is 6.65. The van der Waals surface area contributed by atoms with Gasteiger partial charge in [-0.25, -0.2) is 14.2 Å². The van der Waals surface area contributed by atoms with Crippen molar-refractivity contribution in [3.05, 3.63) is 58.5 Å². The largest absolute Gasteiger partial charge is 0.347 e. The Labute approximate surface area is 138 Å². The number of hydrogen-bond acceptors (Lipinski definition) is 3. The van der Waals surface area contributed by atoms with Gasteiger partial charge in [0, 0.05) is 24.4 Å². The molecule has 0 saturated heterocycles. The molecule has 2 heterocycles. The Morgan fingerprint density at radius 2 is 2.04 bits per heavy atom. The fourth-order valence-corrected chi connectivity index (χ4v) is 4.12. The maximum Gasteiger partial charge on any atom is 0.347 e. The van der Waals surface area contributed by atoms with Crippen LogP contribution in [0.15, 0.2) is 41.5 Å². The van der Waals surface area contributed by atoms with E-state index in [1.54, 1.807) is 12.1 Å². The fourth-order valence-electron chi connectivity index (χ4n) is 4.12. The summed E-state index contributed by atoms with van der Waals surface area (Å²) >= 11 is 0. The molecule has 0 unspecified atom stereocenters. The minimum Gasteiger partial charge on any atom is -0.307 e. The third-order valence-electron chi connectivity index (χ3n) is 5.24. The summed E-state index contributed by atoms with van der Waals surface area (Å²) in [6.45, 7) is 0.369. The summed E-state index contributed by atoms with van der Waals surface area (Å²) in [5.74, 6) is -0.650. The molecule has 1 saturated carbocycles. The number of amides is 1. The molecule has 1 aliphatic carbocycles. The SMILES string of the molecule is O=C(Cn1cccnc1=O)N1CC2(CCCC2)c2cccc(F)c21. The van der Waals surface area contributed by atoms with Crippen molar-refractivity contribution in [1.29, 1.82) is 0 Å². The number of anilines is 1. The number of nitrogens with zero attached hydrogens (tertiary/aromatic N) is 3. The Hall–Kier alpha value is -2.50. The molecule has 1 fully saturated rings. The van der Waals surface area contributed by atoms with E-state index in [2.05, 4.69) is 4.98 Å². The highest BCUT2D eigenvalue weighted by atomic mass is 19.1. The molecule has 124 valence electrons. The topological polar surface area (TPSA) is 55.2 Å². The number of carbonyl (C=O) groups is 1. The molecule has 0 bridgehead atoms. The molecule has 1 aliphatic heterocycles. The van der Waals surface area contributed by atoms with Gasteiger partial charge in [0.2, 0.25) is 5.91 Å². The van der Waals surface area contributed by atoms with E-state index in [0.29, 0.717) is 12.2 Å². The van der Waals surface area contributed by atoms with Crippen LogP contribution in [0.5, 0.6) is 0 Å². The van der Waals surface area contributed by atoms with Crippen LogP contribution < -0.4 is 10.6 Å². The molecule has 1 aromatic carbocycles. The van der Waals surface area contributed by atoms with Gasteiger partial charge in [-0.15, -0.1) is 0 Å². The summed E-state index contributed by atoms with van der Waals surface area (Å²) in [5.41, 5.74) is 0.718. The molecule has 0 atom stereocenters. The number of hydrogen-bond donors (Lipinski definition) is 0. The Balaban J connectivity index is 1.71. The zero-order valence-electron chi connectivity index (χ0n) is 13.2. The van der Waals surface area contributed by atoms with Crippen molar-refractivity contribution in [2.75, 3.05) is 11.4 Å². The van der Waals surface area contributed by atoms with E-state index in [-0.39, 0.29) is 23.7 Å². The minimum absolute atomic E-state index is 0.128. The first kappa shape index (κ1) is 15.1. The number of halogens is 1. The monoisotopic (exact) mass is 327 g/mol. The van der Waals surface area contributed by atoms with Crippen molar-refractivity contribution in [1.82, 2.24) is 9.55 Å². The molecule has 4 rings (SSSR count). The molecule has 1 amide bonds. The van der Waals surface area contributed by atoms with Gasteiger partial charge in [0.1, 0.15) is 12.4 Å². The van der Waals surface area contributed by atoms with Crippen LogP contribution >= 0.6 is 0 Å². The van der Waals surface area contributed by atoms with Crippen molar-refractivity contribution in [2.45, 2.75) is 37.6 Å². The van der Waals surface area contributed by atoms with Gasteiger partial charge in [-0.05, 0) is 30.5 Å². The number of aromatic nitrogens is 2. The van der Waals surface area contributed by atoms with E-state index in [1.807, 2.05) is 6.07 Å². The van der Waals surface area contributed by atoms with Gasteiger partial charge in [-0.1, -0.05) is 25.0 Å². The minimum atomic E-state index is -0.477. The zero-order valence-corrected chi connectivity index (χ0v) is 13.2. The van der Waals surface area contributed by atoms with Crippen LogP contribution in [0.25, 0.3) is 0 Å². The first-order chi connectivity index (χ1) is 11.6. The second kappa shape index (κ2) is 5.54. The number of rotatable bonds is 2. The summed E-state index contributed by atoms with van der Waals surface area (Å²) in [5, 5.41) is 0. The Morgan fingerprint density at radius 1 is 1.25 bits per heavy atom. The van der Waals surface area contributed by atoms with Gasteiger partial charge >= 0.3 is 5.69 Å². The molecule has 1 spiro atoms. The maximum atomic E-state index is 14.5. The second-order valence-electron chi connectivity index (χ2n) is 6.63. The highest BCUT2D eigenvalue weighted by Crippen LogP contribution is 2.51. The van der Waals surface area contributed by atoms with Gasteiger partial charge in [0.25, 0.3) is 0 Å². The van der Waals surface area contributed by atoms with E-state index < -0.39 is 5.69 Å². The second-order valence-corrected chi connectivity index (χ2v) is 6.63. The third kappa shape index (κ3) is 2.25. The van der Waals surface area contributed by atoms with Crippen LogP contribution in [-0.2, 0) is 16.8 Å². The van der Waals surface area contributed by atoms with E-state index in [9.17, 15) is 14.0 Å². The lowest BCUT2D eigenvalue weighted by molar-refractivity contribution is -0.119. The summed E-state index contributed by atoms with van der Waals surface area (Å²) in [6.07, 6.45) is 7.05. The van der Waals surface area contributed by atoms with Crippen LogP contribution in [0.1, 0.15) is 31.2 Å². The molecule has 24 heavy (non-hydrogen) atoms. The highest BCUT2D eigenvalue weighted by molar-refractivity contribution is 5.96. The maximum absolute atomic E-state index is 14.5. The summed E-state index contributed by atoms with van der Waals surface area (Å²) < 4.78 is 15.7. The molecule has 2 aromatic rings. The van der Waals surface area contributed by atoms with Gasteiger partial charge < -0.3 is 4.90 Å². The van der Waals surface area contributed by atoms with Crippen molar-refractivity contribution < 1.29 is 9.18 Å². The summed E-state index contributed by atoms with van der Waals surface area (Å²) in [7, 11) is 0. The van der Waals surface area contributed by atoms with Crippen LogP contribution in [0.3, 0.4) is 0 Å². The van der Waals surface area contributed by atoms with Gasteiger partial charge in [0.15, 0.2) is 0 Å². The molecular weight excluding hydrogens is 309 g/mol. The number of benzene rings is 1. The first-order valence-electron chi connectivity index (χ1n) is 8.22. The summed E-state index contributed by atoms with van der Waals surface area (Å²) in [4.78, 5) is 29.7. The number of para-hydroxylation sites is 1. The lowest BCUT2D eigenvalue weighted by Gasteiger charge is -2.24. The predicted molar refractivity (Wildman–Crippen MR) is 87.4 cm³/mol. The smallest absolute Gasteiger partial charge is 0.307 e. The van der Waals surface area contributed by atoms with Crippen LogP contribution in [0, 0.1) is 5.82 Å². The Kier molecular flexibility index (Phi) is 3.48. The molecule has 6 heteroatoms. The van der Waals surface area contributed by atoms with E-state index in [0.717, 1.165) is 31.2 Å². The average molecular weight is 327 g/mol. The fraction of sp³-hybridized carbons (Fsp3) is 0.389. The molecule has 5 nitrogen and oxygen atoms in total. The lowest BCUT2D eigenvalue weighted by Crippen LogP contribution is -2.39. The molecule has 0 radical (unpaired) electrons. The van der Waals surface area contributed by atoms with Crippen molar-refractivity contribution in [3.8, 4) is 0 Å². The first-order valence-corrected chi connectivity index (χ1v) is 8.22. The predicted octanol–water partition coefficient (Wildman–Crippen LogP) is 2.24. The number of fused-ring (bicyclic) bond motifs is 2. The van der Waals surface area contributed by atoms with Gasteiger partial charge in [-0.3, -0.25) is 9.36 Å². The van der Waals surface area contributed by atoms with E-state index in [1.165, 1.54) is 27.9 Å². The molecular formula is C18H18FN3O2. The van der Waals surface area contributed by atoms with E-state index >= 15 is 0 Å². The Morgan fingerprint density at radius 3 is 2.79 bits per heavy atom. The molecule has 1 aromatic heterocycles. The lowest BCUT2D eigenvalue weighted by atomic mass is 9.81. The van der Waals surface area contributed by atoms with Crippen LogP contribution in [0.2, 0.25) is 0 Å². The average Bonchev–Trinajstić information content (AvgIpc) is 3.17. The Bertz CT molecular complexity index is 855. The standard InChI is InChI=1S/C18H18FN3O2/c19-14-6-3-5-13-16(14)22(12-18(13)7-1-2-8-18)15(23)11-21-10-4-9-20-17(21)24/h3-6,9-10H,1-2,7-8,11-12H2. The number of carbonyl (C=O) groups excluding carboxylic acids is 1. The normalized spacial score (nSPS) is 18.1. The van der Waals surface area contributed by atoms with Crippen molar-refractivity contribution in [2.24, 2.45) is 0 Å². The van der Waals surface area contributed by atoms with Crippen LogP contribution in [-0.4, -0.2) is 22.0 Å². The van der Waals surface area contributed by atoms with Crippen molar-refractivity contribution in [3.63, 3.8) is 0 Å². The zero-order chi connectivity index (χ0) is 16.7. The highest BCUT2D eigenvalue weighted by Gasteiger charge is 2.47. The van der Waals surface area contributed by atoms with Crippen LogP contribution in [0.4, 0.5) is 10.1 Å². The third-order valence-corrected chi connectivity index (χ3v) is 5.24. The quantitative estimate of drug-likeness (QED) is 0.850.